The SMILES string of the molecule is CC1CN(C(=O)NC2CCC(C(=O)O)C2)CC(C)N1C. The van der Waals surface area contributed by atoms with E-state index in [1.54, 1.807) is 0 Å². The standard InChI is InChI=1S/C14H25N3O3/c1-9-7-17(8-10(2)16(9)3)14(20)15-12-5-4-11(6-12)13(18)19/h9-12H,4-8H2,1-3H3,(H,15,20)(H,18,19). The van der Waals surface area contributed by atoms with Crippen molar-refractivity contribution < 1.29 is 14.7 Å². The van der Waals surface area contributed by atoms with Gasteiger partial charge in [-0.15, -0.1) is 0 Å². The van der Waals surface area contributed by atoms with Gasteiger partial charge in [-0.2, -0.15) is 0 Å². The molecule has 0 aromatic heterocycles. The van der Waals surface area contributed by atoms with Crippen molar-refractivity contribution in [3.05, 3.63) is 0 Å². The molecule has 2 rings (SSSR count). The van der Waals surface area contributed by atoms with Crippen LogP contribution in [0.2, 0.25) is 0 Å². The lowest BCUT2D eigenvalue weighted by Gasteiger charge is -2.42. The lowest BCUT2D eigenvalue weighted by molar-refractivity contribution is -0.141. The van der Waals surface area contributed by atoms with E-state index in [4.69, 9.17) is 5.11 Å². The third-order valence-corrected chi connectivity index (χ3v) is 4.76. The van der Waals surface area contributed by atoms with Gasteiger partial charge in [0.2, 0.25) is 0 Å². The van der Waals surface area contributed by atoms with E-state index in [1.807, 2.05) is 4.90 Å². The number of carboxylic acid groups (broad SMARTS) is 1. The zero-order valence-corrected chi connectivity index (χ0v) is 12.5. The number of carbonyl (C=O) groups is 2. The van der Waals surface area contributed by atoms with Gasteiger partial charge < -0.3 is 15.3 Å². The molecule has 0 aromatic carbocycles. The molecule has 2 fully saturated rings. The van der Waals surface area contributed by atoms with E-state index in [-0.39, 0.29) is 18.0 Å². The highest BCUT2D eigenvalue weighted by molar-refractivity contribution is 5.75. The Bertz CT molecular complexity index is 376. The Morgan fingerprint density at radius 3 is 2.25 bits per heavy atom. The van der Waals surface area contributed by atoms with Crippen molar-refractivity contribution >= 4 is 12.0 Å². The molecule has 0 aromatic rings. The molecule has 20 heavy (non-hydrogen) atoms. The maximum absolute atomic E-state index is 12.3. The monoisotopic (exact) mass is 283 g/mol. The van der Waals surface area contributed by atoms with Gasteiger partial charge >= 0.3 is 12.0 Å². The van der Waals surface area contributed by atoms with E-state index in [9.17, 15) is 9.59 Å². The Balaban J connectivity index is 1.85. The Morgan fingerprint density at radius 1 is 1.15 bits per heavy atom. The van der Waals surface area contributed by atoms with Gasteiger partial charge in [0, 0.05) is 31.2 Å². The number of likely N-dealkylation sites (N-methyl/N-ethyl adjacent to an activating group) is 1. The van der Waals surface area contributed by atoms with Crippen LogP contribution >= 0.6 is 0 Å². The Morgan fingerprint density at radius 2 is 1.75 bits per heavy atom. The molecule has 1 heterocycles. The molecular formula is C14H25N3O3. The summed E-state index contributed by atoms with van der Waals surface area (Å²) in [7, 11) is 2.08. The van der Waals surface area contributed by atoms with Crippen molar-refractivity contribution in [1.82, 2.24) is 15.1 Å². The van der Waals surface area contributed by atoms with Gasteiger partial charge in [-0.25, -0.2) is 4.79 Å². The van der Waals surface area contributed by atoms with Crippen LogP contribution < -0.4 is 5.32 Å². The van der Waals surface area contributed by atoms with Crippen LogP contribution in [-0.2, 0) is 4.79 Å². The second kappa shape index (κ2) is 5.99. The molecule has 4 atom stereocenters. The number of rotatable bonds is 2. The molecule has 1 aliphatic heterocycles. The Hall–Kier alpha value is -1.30. The van der Waals surface area contributed by atoms with Gasteiger partial charge in [-0.3, -0.25) is 9.69 Å². The van der Waals surface area contributed by atoms with Gasteiger partial charge in [0.15, 0.2) is 0 Å². The Labute approximate surface area is 120 Å². The van der Waals surface area contributed by atoms with E-state index in [1.165, 1.54) is 0 Å². The summed E-state index contributed by atoms with van der Waals surface area (Å²) in [5.41, 5.74) is 0. The fraction of sp³-hybridized carbons (Fsp3) is 0.857. The molecule has 2 aliphatic rings. The van der Waals surface area contributed by atoms with E-state index < -0.39 is 5.97 Å². The smallest absolute Gasteiger partial charge is 0.317 e. The van der Waals surface area contributed by atoms with Crippen molar-refractivity contribution in [3.8, 4) is 0 Å². The normalized spacial score (nSPS) is 35.0. The first-order valence-electron chi connectivity index (χ1n) is 7.38. The molecule has 2 N–H and O–H groups in total. The van der Waals surface area contributed by atoms with Gasteiger partial charge in [0.05, 0.1) is 5.92 Å². The van der Waals surface area contributed by atoms with Gasteiger partial charge in [-0.05, 0) is 40.2 Å². The average molecular weight is 283 g/mol. The zero-order valence-electron chi connectivity index (χ0n) is 12.5. The fourth-order valence-electron chi connectivity index (χ4n) is 3.17. The summed E-state index contributed by atoms with van der Waals surface area (Å²) < 4.78 is 0. The first-order chi connectivity index (χ1) is 9.38. The molecule has 1 saturated carbocycles. The van der Waals surface area contributed by atoms with Crippen LogP contribution in [0.5, 0.6) is 0 Å². The van der Waals surface area contributed by atoms with E-state index in [0.717, 1.165) is 19.5 Å². The number of hydrogen-bond donors (Lipinski definition) is 2. The van der Waals surface area contributed by atoms with Crippen molar-refractivity contribution in [2.45, 2.75) is 51.2 Å². The number of amides is 2. The van der Waals surface area contributed by atoms with Crippen LogP contribution in [-0.4, -0.2) is 65.2 Å². The summed E-state index contributed by atoms with van der Waals surface area (Å²) in [6, 6.07) is 0.654. The number of hydrogen-bond acceptors (Lipinski definition) is 3. The number of aliphatic carboxylic acids is 1. The zero-order chi connectivity index (χ0) is 14.9. The fourth-order valence-corrected chi connectivity index (χ4v) is 3.17. The minimum Gasteiger partial charge on any atom is -0.481 e. The van der Waals surface area contributed by atoms with Gasteiger partial charge in [-0.1, -0.05) is 0 Å². The maximum Gasteiger partial charge on any atom is 0.317 e. The quantitative estimate of drug-likeness (QED) is 0.792. The summed E-state index contributed by atoms with van der Waals surface area (Å²) >= 11 is 0. The number of piperazine rings is 1. The van der Waals surface area contributed by atoms with Crippen molar-refractivity contribution in [2.24, 2.45) is 5.92 Å². The Kier molecular flexibility index (Phi) is 4.52. The van der Waals surface area contributed by atoms with E-state index in [0.29, 0.717) is 24.9 Å². The largest absolute Gasteiger partial charge is 0.481 e. The van der Waals surface area contributed by atoms with Crippen LogP contribution in [0.25, 0.3) is 0 Å². The second-order valence-electron chi connectivity index (χ2n) is 6.26. The molecule has 4 unspecified atom stereocenters. The van der Waals surface area contributed by atoms with Crippen LogP contribution in [0.1, 0.15) is 33.1 Å². The molecule has 6 nitrogen and oxygen atoms in total. The predicted molar refractivity (Wildman–Crippen MR) is 75.6 cm³/mol. The summed E-state index contributed by atoms with van der Waals surface area (Å²) in [4.78, 5) is 27.3. The summed E-state index contributed by atoms with van der Waals surface area (Å²) in [6.45, 7) is 5.68. The van der Waals surface area contributed by atoms with Crippen LogP contribution in [0.15, 0.2) is 0 Å². The van der Waals surface area contributed by atoms with Crippen molar-refractivity contribution in [1.29, 1.82) is 0 Å². The number of carbonyl (C=O) groups excluding carboxylic acids is 1. The molecule has 114 valence electrons. The highest BCUT2D eigenvalue weighted by Gasteiger charge is 2.33. The lowest BCUT2D eigenvalue weighted by atomic mass is 10.1. The number of carboxylic acids is 1. The van der Waals surface area contributed by atoms with Crippen LogP contribution in [0.3, 0.4) is 0 Å². The molecule has 1 aliphatic carbocycles. The minimum atomic E-state index is -0.747. The summed E-state index contributed by atoms with van der Waals surface area (Å²) in [5.74, 6) is -1.05. The van der Waals surface area contributed by atoms with Gasteiger partial charge in [0.1, 0.15) is 0 Å². The first kappa shape index (κ1) is 15.1. The topological polar surface area (TPSA) is 72.9 Å². The lowest BCUT2D eigenvalue weighted by Crippen LogP contribution is -2.59. The highest BCUT2D eigenvalue weighted by Crippen LogP contribution is 2.26. The van der Waals surface area contributed by atoms with E-state index >= 15 is 0 Å². The number of urea groups is 1. The average Bonchev–Trinajstić information content (AvgIpc) is 2.84. The van der Waals surface area contributed by atoms with Crippen molar-refractivity contribution in [3.63, 3.8) is 0 Å². The molecule has 0 spiro atoms. The molecule has 6 heteroatoms. The molecule has 0 bridgehead atoms. The molecular weight excluding hydrogens is 258 g/mol. The van der Waals surface area contributed by atoms with Gasteiger partial charge in [0.25, 0.3) is 0 Å². The molecule has 0 radical (unpaired) electrons. The van der Waals surface area contributed by atoms with E-state index in [2.05, 4.69) is 31.1 Å². The summed E-state index contributed by atoms with van der Waals surface area (Å²) in [6.07, 6.45) is 1.98. The maximum atomic E-state index is 12.3. The summed E-state index contributed by atoms with van der Waals surface area (Å²) in [5, 5.41) is 12.0. The highest BCUT2D eigenvalue weighted by atomic mass is 16.4. The number of nitrogens with one attached hydrogen (secondary N) is 1. The van der Waals surface area contributed by atoms with Crippen LogP contribution in [0.4, 0.5) is 4.79 Å². The number of nitrogens with zero attached hydrogens (tertiary/aromatic N) is 2. The second-order valence-corrected chi connectivity index (χ2v) is 6.26. The third kappa shape index (κ3) is 3.23. The molecule has 2 amide bonds. The van der Waals surface area contributed by atoms with Crippen molar-refractivity contribution in [2.75, 3.05) is 20.1 Å². The third-order valence-electron chi connectivity index (χ3n) is 4.76. The first-order valence-corrected chi connectivity index (χ1v) is 7.38. The predicted octanol–water partition coefficient (Wildman–Crippen LogP) is 0.974. The minimum absolute atomic E-state index is 0.00821. The molecule has 1 saturated heterocycles. The van der Waals surface area contributed by atoms with Crippen LogP contribution in [0, 0.1) is 5.92 Å².